The van der Waals surface area contributed by atoms with Gasteiger partial charge in [-0.15, -0.1) is 0 Å². The quantitative estimate of drug-likeness (QED) is 0.542. The molecule has 0 aromatic carbocycles. The molecule has 3 saturated heterocycles. The van der Waals surface area contributed by atoms with Crippen molar-refractivity contribution in [2.45, 2.75) is 25.0 Å². The van der Waals surface area contributed by atoms with Crippen molar-refractivity contribution in [3.63, 3.8) is 0 Å². The van der Waals surface area contributed by atoms with Crippen molar-refractivity contribution in [3.05, 3.63) is 0 Å². The predicted molar refractivity (Wildman–Crippen MR) is 40.1 cm³/mol. The van der Waals surface area contributed by atoms with Gasteiger partial charge in [-0.25, -0.2) is 0 Å². The van der Waals surface area contributed by atoms with Crippen LogP contribution in [-0.4, -0.2) is 31.8 Å². The normalized spacial score (nSPS) is 57.2. The maximum Gasteiger partial charge on any atom is 0.165 e. The highest BCUT2D eigenvalue weighted by Crippen LogP contribution is 2.44. The first kappa shape index (κ1) is 7.26. The van der Waals surface area contributed by atoms with Crippen molar-refractivity contribution >= 4 is 0 Å². The van der Waals surface area contributed by atoms with Crippen LogP contribution in [0.15, 0.2) is 0 Å². The van der Waals surface area contributed by atoms with E-state index in [-0.39, 0.29) is 18.6 Å². The van der Waals surface area contributed by atoms with E-state index in [1.54, 1.807) is 0 Å². The van der Waals surface area contributed by atoms with Gasteiger partial charge in [0.25, 0.3) is 0 Å². The Hall–Kier alpha value is -0.160. The third kappa shape index (κ3) is 0.808. The van der Waals surface area contributed by atoms with E-state index in [9.17, 15) is 0 Å². The van der Waals surface area contributed by atoms with Gasteiger partial charge < -0.3 is 19.9 Å². The molecule has 4 heteroatoms. The summed E-state index contributed by atoms with van der Waals surface area (Å²) in [5, 5.41) is 0. The van der Waals surface area contributed by atoms with E-state index in [1.807, 2.05) is 0 Å². The third-order valence-corrected chi connectivity index (χ3v) is 3.11. The molecule has 12 heavy (non-hydrogen) atoms. The Labute approximate surface area is 71.0 Å². The number of fused-ring (bicyclic) bond motifs is 3. The molecule has 5 unspecified atom stereocenters. The molecular formula is C8H13NO3. The van der Waals surface area contributed by atoms with E-state index in [1.165, 1.54) is 0 Å². The van der Waals surface area contributed by atoms with Gasteiger partial charge in [-0.1, -0.05) is 0 Å². The van der Waals surface area contributed by atoms with Gasteiger partial charge in [0.2, 0.25) is 0 Å². The summed E-state index contributed by atoms with van der Waals surface area (Å²) in [4.78, 5) is 0. The first-order chi connectivity index (χ1) is 5.86. The molecular weight excluding hydrogens is 158 g/mol. The third-order valence-electron chi connectivity index (χ3n) is 3.11. The van der Waals surface area contributed by atoms with Crippen LogP contribution in [0.4, 0.5) is 0 Å². The lowest BCUT2D eigenvalue weighted by Gasteiger charge is -2.15. The van der Waals surface area contributed by atoms with E-state index in [2.05, 4.69) is 0 Å². The number of rotatable bonds is 0. The van der Waals surface area contributed by atoms with Gasteiger partial charge in [-0.3, -0.25) is 0 Å². The van der Waals surface area contributed by atoms with E-state index in [4.69, 9.17) is 19.9 Å². The highest BCUT2D eigenvalue weighted by atomic mass is 16.8. The van der Waals surface area contributed by atoms with E-state index < -0.39 is 0 Å². The maximum absolute atomic E-state index is 5.92. The fraction of sp³-hybridized carbons (Fsp3) is 1.00. The SMILES string of the molecule is NC1COC2OC3OCCC3C12. The number of nitrogens with two attached hydrogens (primary N) is 1. The molecule has 0 saturated carbocycles. The molecule has 0 radical (unpaired) electrons. The van der Waals surface area contributed by atoms with Crippen LogP contribution in [0.25, 0.3) is 0 Å². The highest BCUT2D eigenvalue weighted by Gasteiger charge is 2.53. The fourth-order valence-electron chi connectivity index (χ4n) is 2.51. The minimum atomic E-state index is -0.0877. The summed E-state index contributed by atoms with van der Waals surface area (Å²) in [6.45, 7) is 1.45. The molecule has 68 valence electrons. The standard InChI is InChI=1S/C8H13NO3/c9-5-3-11-8-6(5)4-1-2-10-7(4)12-8/h4-8H,1-3,9H2. The van der Waals surface area contributed by atoms with Crippen LogP contribution in [0.1, 0.15) is 6.42 Å². The van der Waals surface area contributed by atoms with Gasteiger partial charge in [-0.05, 0) is 6.42 Å². The Bertz CT molecular complexity index is 199. The van der Waals surface area contributed by atoms with Crippen LogP contribution in [0.2, 0.25) is 0 Å². The zero-order valence-corrected chi connectivity index (χ0v) is 6.81. The molecule has 3 heterocycles. The molecule has 2 N–H and O–H groups in total. The first-order valence-corrected chi connectivity index (χ1v) is 4.50. The maximum atomic E-state index is 5.92. The van der Waals surface area contributed by atoms with Crippen LogP contribution >= 0.6 is 0 Å². The number of hydrogen-bond donors (Lipinski definition) is 1. The van der Waals surface area contributed by atoms with Crippen LogP contribution in [0, 0.1) is 11.8 Å². The Kier molecular flexibility index (Phi) is 1.46. The molecule has 0 bridgehead atoms. The molecule has 3 aliphatic heterocycles. The molecule has 0 amide bonds. The Morgan fingerprint density at radius 3 is 3.00 bits per heavy atom. The summed E-state index contributed by atoms with van der Waals surface area (Å²) >= 11 is 0. The van der Waals surface area contributed by atoms with Crippen molar-refractivity contribution in [2.24, 2.45) is 17.6 Å². The smallest absolute Gasteiger partial charge is 0.165 e. The molecule has 4 nitrogen and oxygen atoms in total. The Balaban J connectivity index is 1.85. The summed E-state index contributed by atoms with van der Waals surface area (Å²) in [5.74, 6) is 0.852. The zero-order chi connectivity index (χ0) is 8.13. The van der Waals surface area contributed by atoms with Crippen LogP contribution in [0.3, 0.4) is 0 Å². The second-order valence-corrected chi connectivity index (χ2v) is 3.77. The molecule has 3 rings (SSSR count). The first-order valence-electron chi connectivity index (χ1n) is 4.50. The van der Waals surface area contributed by atoms with Crippen molar-refractivity contribution in [3.8, 4) is 0 Å². The van der Waals surface area contributed by atoms with Crippen molar-refractivity contribution in [2.75, 3.05) is 13.2 Å². The summed E-state index contributed by atoms with van der Waals surface area (Å²) in [5.41, 5.74) is 5.92. The highest BCUT2D eigenvalue weighted by molar-refractivity contribution is 4.94. The second-order valence-electron chi connectivity index (χ2n) is 3.77. The minimum Gasteiger partial charge on any atom is -0.352 e. The largest absolute Gasteiger partial charge is 0.352 e. The number of hydrogen-bond acceptors (Lipinski definition) is 4. The average Bonchev–Trinajstić information content (AvgIpc) is 2.61. The monoisotopic (exact) mass is 171 g/mol. The Morgan fingerprint density at radius 1 is 1.17 bits per heavy atom. The molecule has 3 fully saturated rings. The zero-order valence-electron chi connectivity index (χ0n) is 6.81. The lowest BCUT2D eigenvalue weighted by Crippen LogP contribution is -2.33. The lowest BCUT2D eigenvalue weighted by atomic mass is 9.88. The predicted octanol–water partition coefficient (Wildman–Crippen LogP) is -0.321. The van der Waals surface area contributed by atoms with Gasteiger partial charge in [-0.2, -0.15) is 0 Å². The van der Waals surface area contributed by atoms with Crippen molar-refractivity contribution < 1.29 is 14.2 Å². The molecule has 0 spiro atoms. The van der Waals surface area contributed by atoms with Crippen molar-refractivity contribution in [1.82, 2.24) is 0 Å². The van der Waals surface area contributed by atoms with E-state index in [0.29, 0.717) is 18.4 Å². The second kappa shape index (κ2) is 2.42. The Morgan fingerprint density at radius 2 is 2.08 bits per heavy atom. The summed E-state index contributed by atoms with van der Waals surface area (Å²) in [6, 6.07) is 0.145. The van der Waals surface area contributed by atoms with Gasteiger partial charge in [0, 0.05) is 17.9 Å². The average molecular weight is 171 g/mol. The summed E-state index contributed by atoms with van der Waals surface area (Å²) in [6.07, 6.45) is 0.949. The molecule has 0 aromatic heterocycles. The minimum absolute atomic E-state index is 0.0358. The van der Waals surface area contributed by atoms with Crippen LogP contribution in [-0.2, 0) is 14.2 Å². The van der Waals surface area contributed by atoms with E-state index >= 15 is 0 Å². The summed E-state index contributed by atoms with van der Waals surface area (Å²) < 4.78 is 16.4. The lowest BCUT2D eigenvalue weighted by molar-refractivity contribution is -0.188. The fourth-order valence-corrected chi connectivity index (χ4v) is 2.51. The van der Waals surface area contributed by atoms with E-state index in [0.717, 1.165) is 13.0 Å². The van der Waals surface area contributed by atoms with Gasteiger partial charge in [0.1, 0.15) is 0 Å². The molecule has 0 aliphatic carbocycles. The molecule has 0 aromatic rings. The van der Waals surface area contributed by atoms with Gasteiger partial charge in [0.05, 0.1) is 13.2 Å². The molecule has 5 atom stereocenters. The number of ether oxygens (including phenoxy) is 3. The van der Waals surface area contributed by atoms with Crippen LogP contribution in [0.5, 0.6) is 0 Å². The van der Waals surface area contributed by atoms with Gasteiger partial charge in [0.15, 0.2) is 12.6 Å². The topological polar surface area (TPSA) is 53.7 Å². The van der Waals surface area contributed by atoms with Crippen molar-refractivity contribution in [1.29, 1.82) is 0 Å². The summed E-state index contributed by atoms with van der Waals surface area (Å²) in [7, 11) is 0. The van der Waals surface area contributed by atoms with Crippen LogP contribution < -0.4 is 5.73 Å². The van der Waals surface area contributed by atoms with Gasteiger partial charge >= 0.3 is 0 Å². The molecule has 3 aliphatic rings.